The zero-order chi connectivity index (χ0) is 9.35. The standard InChI is InChI=1S/C9H18N2O/c1-4-9(2,3)7-5-11(6-7)8(10)12/h7H,4-6H2,1-3H3,(H2,10,12). The van der Waals surface area contributed by atoms with Crippen molar-refractivity contribution in [3.63, 3.8) is 0 Å². The maximum Gasteiger partial charge on any atom is 0.314 e. The number of carbonyl (C=O) groups is 1. The topological polar surface area (TPSA) is 46.3 Å². The number of rotatable bonds is 2. The number of hydrogen-bond donors (Lipinski definition) is 1. The van der Waals surface area contributed by atoms with Crippen molar-refractivity contribution >= 4 is 6.03 Å². The molecule has 0 saturated carbocycles. The van der Waals surface area contributed by atoms with Gasteiger partial charge in [0.15, 0.2) is 0 Å². The summed E-state index contributed by atoms with van der Waals surface area (Å²) in [5.74, 6) is 0.634. The first-order valence-corrected chi connectivity index (χ1v) is 4.51. The molecule has 0 aromatic rings. The second kappa shape index (κ2) is 2.96. The zero-order valence-electron chi connectivity index (χ0n) is 8.13. The van der Waals surface area contributed by atoms with Crippen molar-refractivity contribution in [1.82, 2.24) is 4.90 Å². The van der Waals surface area contributed by atoms with E-state index in [-0.39, 0.29) is 6.03 Å². The lowest BCUT2D eigenvalue weighted by atomic mass is 9.73. The Bertz CT molecular complexity index is 183. The molecule has 1 aliphatic rings. The summed E-state index contributed by atoms with van der Waals surface area (Å²) in [7, 11) is 0. The van der Waals surface area contributed by atoms with Crippen molar-refractivity contribution in [3.8, 4) is 0 Å². The Hall–Kier alpha value is -0.730. The molecular weight excluding hydrogens is 152 g/mol. The van der Waals surface area contributed by atoms with Crippen LogP contribution in [-0.4, -0.2) is 24.0 Å². The van der Waals surface area contributed by atoms with Gasteiger partial charge in [-0.05, 0) is 11.3 Å². The summed E-state index contributed by atoms with van der Waals surface area (Å²) in [4.78, 5) is 12.4. The molecule has 2 amide bonds. The van der Waals surface area contributed by atoms with Gasteiger partial charge < -0.3 is 10.6 Å². The highest BCUT2D eigenvalue weighted by atomic mass is 16.2. The summed E-state index contributed by atoms with van der Waals surface area (Å²) in [5.41, 5.74) is 5.48. The van der Waals surface area contributed by atoms with Crippen molar-refractivity contribution in [2.45, 2.75) is 27.2 Å². The molecule has 2 N–H and O–H groups in total. The third kappa shape index (κ3) is 1.54. The van der Waals surface area contributed by atoms with Gasteiger partial charge in [0.2, 0.25) is 0 Å². The van der Waals surface area contributed by atoms with Gasteiger partial charge in [0.1, 0.15) is 0 Å². The van der Waals surface area contributed by atoms with Crippen LogP contribution in [0.1, 0.15) is 27.2 Å². The van der Waals surface area contributed by atoms with Crippen LogP contribution in [0, 0.1) is 11.3 Å². The predicted molar refractivity (Wildman–Crippen MR) is 48.7 cm³/mol. The van der Waals surface area contributed by atoms with Gasteiger partial charge in [-0.1, -0.05) is 27.2 Å². The molecule has 70 valence electrons. The Kier molecular flexibility index (Phi) is 2.31. The molecule has 1 fully saturated rings. The van der Waals surface area contributed by atoms with Gasteiger partial charge in [-0.3, -0.25) is 0 Å². The number of likely N-dealkylation sites (tertiary alicyclic amines) is 1. The summed E-state index contributed by atoms with van der Waals surface area (Å²) < 4.78 is 0. The van der Waals surface area contributed by atoms with Crippen LogP contribution in [0.25, 0.3) is 0 Å². The minimum atomic E-state index is -0.279. The van der Waals surface area contributed by atoms with Crippen molar-refractivity contribution in [1.29, 1.82) is 0 Å². The van der Waals surface area contributed by atoms with Crippen LogP contribution in [0.3, 0.4) is 0 Å². The number of nitrogens with two attached hydrogens (primary N) is 1. The van der Waals surface area contributed by atoms with Crippen LogP contribution in [-0.2, 0) is 0 Å². The molecule has 1 heterocycles. The second-order valence-electron chi connectivity index (χ2n) is 4.28. The number of primary amides is 1. The second-order valence-corrected chi connectivity index (χ2v) is 4.28. The lowest BCUT2D eigenvalue weighted by Crippen LogP contribution is -2.56. The summed E-state index contributed by atoms with van der Waals surface area (Å²) in [6.45, 7) is 8.37. The highest BCUT2D eigenvalue weighted by molar-refractivity contribution is 5.72. The Morgan fingerprint density at radius 1 is 1.58 bits per heavy atom. The highest BCUT2D eigenvalue weighted by Gasteiger charge is 2.38. The van der Waals surface area contributed by atoms with E-state index in [2.05, 4.69) is 20.8 Å². The van der Waals surface area contributed by atoms with Crippen LogP contribution >= 0.6 is 0 Å². The van der Waals surface area contributed by atoms with E-state index in [4.69, 9.17) is 5.73 Å². The average molecular weight is 170 g/mol. The lowest BCUT2D eigenvalue weighted by Gasteiger charge is -2.46. The summed E-state index contributed by atoms with van der Waals surface area (Å²) >= 11 is 0. The molecule has 12 heavy (non-hydrogen) atoms. The van der Waals surface area contributed by atoms with Crippen molar-refractivity contribution in [2.75, 3.05) is 13.1 Å². The SMILES string of the molecule is CCC(C)(C)C1CN(C(N)=O)C1. The van der Waals surface area contributed by atoms with Crippen molar-refractivity contribution in [2.24, 2.45) is 17.1 Å². The molecular formula is C9H18N2O. The third-order valence-electron chi connectivity index (χ3n) is 3.21. The van der Waals surface area contributed by atoms with E-state index in [1.165, 1.54) is 0 Å². The highest BCUT2D eigenvalue weighted by Crippen LogP contribution is 2.36. The van der Waals surface area contributed by atoms with E-state index in [0.29, 0.717) is 11.3 Å². The summed E-state index contributed by atoms with van der Waals surface area (Å²) in [6.07, 6.45) is 1.16. The molecule has 0 aliphatic carbocycles. The van der Waals surface area contributed by atoms with Crippen LogP contribution in [0.2, 0.25) is 0 Å². The molecule has 1 rings (SSSR count). The van der Waals surface area contributed by atoms with E-state index >= 15 is 0 Å². The molecule has 0 spiro atoms. The molecule has 0 bridgehead atoms. The Balaban J connectivity index is 2.39. The first kappa shape index (κ1) is 9.36. The third-order valence-corrected chi connectivity index (χ3v) is 3.21. The van der Waals surface area contributed by atoms with Crippen molar-refractivity contribution in [3.05, 3.63) is 0 Å². The predicted octanol–water partition coefficient (Wildman–Crippen LogP) is 1.43. The number of nitrogens with zero attached hydrogens (tertiary/aromatic N) is 1. The van der Waals surface area contributed by atoms with Gasteiger partial charge in [-0.2, -0.15) is 0 Å². The van der Waals surface area contributed by atoms with Gasteiger partial charge >= 0.3 is 6.03 Å². The number of urea groups is 1. The van der Waals surface area contributed by atoms with Crippen LogP contribution < -0.4 is 5.73 Å². The largest absolute Gasteiger partial charge is 0.351 e. The first-order chi connectivity index (χ1) is 5.47. The molecule has 1 saturated heterocycles. The van der Waals surface area contributed by atoms with E-state index in [1.54, 1.807) is 4.90 Å². The van der Waals surface area contributed by atoms with Gasteiger partial charge in [-0.15, -0.1) is 0 Å². The molecule has 0 aromatic carbocycles. The normalized spacial score (nSPS) is 19.1. The van der Waals surface area contributed by atoms with Crippen LogP contribution in [0.5, 0.6) is 0 Å². The van der Waals surface area contributed by atoms with Gasteiger partial charge in [0.25, 0.3) is 0 Å². The molecule has 0 aromatic heterocycles. The van der Waals surface area contributed by atoms with Gasteiger partial charge in [0, 0.05) is 13.1 Å². The summed E-state index contributed by atoms with van der Waals surface area (Å²) in [6, 6.07) is -0.279. The van der Waals surface area contributed by atoms with E-state index < -0.39 is 0 Å². The fourth-order valence-electron chi connectivity index (χ4n) is 1.44. The van der Waals surface area contributed by atoms with E-state index in [0.717, 1.165) is 19.5 Å². The Morgan fingerprint density at radius 2 is 2.08 bits per heavy atom. The van der Waals surface area contributed by atoms with Gasteiger partial charge in [0.05, 0.1) is 0 Å². The molecule has 3 nitrogen and oxygen atoms in total. The van der Waals surface area contributed by atoms with Crippen molar-refractivity contribution < 1.29 is 4.79 Å². The molecule has 0 atom stereocenters. The fraction of sp³-hybridized carbons (Fsp3) is 0.889. The quantitative estimate of drug-likeness (QED) is 0.669. The summed E-state index contributed by atoms with van der Waals surface area (Å²) in [5, 5.41) is 0. The Morgan fingerprint density at radius 3 is 2.42 bits per heavy atom. The maximum atomic E-state index is 10.7. The number of amides is 2. The maximum absolute atomic E-state index is 10.7. The average Bonchev–Trinajstić information content (AvgIpc) is 1.82. The molecule has 1 aliphatic heterocycles. The van der Waals surface area contributed by atoms with Gasteiger partial charge in [-0.25, -0.2) is 4.79 Å². The fourth-order valence-corrected chi connectivity index (χ4v) is 1.44. The van der Waals surface area contributed by atoms with Crippen LogP contribution in [0.4, 0.5) is 4.79 Å². The molecule has 0 unspecified atom stereocenters. The monoisotopic (exact) mass is 170 g/mol. The van der Waals surface area contributed by atoms with E-state index in [1.807, 2.05) is 0 Å². The number of hydrogen-bond acceptors (Lipinski definition) is 1. The zero-order valence-corrected chi connectivity index (χ0v) is 8.13. The number of carbonyl (C=O) groups excluding carboxylic acids is 1. The minimum Gasteiger partial charge on any atom is -0.351 e. The molecule has 3 heteroatoms. The Labute approximate surface area is 73.9 Å². The molecule has 0 radical (unpaired) electrons. The minimum absolute atomic E-state index is 0.279. The smallest absolute Gasteiger partial charge is 0.314 e. The van der Waals surface area contributed by atoms with Crippen LogP contribution in [0.15, 0.2) is 0 Å². The first-order valence-electron chi connectivity index (χ1n) is 4.51. The van der Waals surface area contributed by atoms with E-state index in [9.17, 15) is 4.79 Å². The lowest BCUT2D eigenvalue weighted by molar-refractivity contribution is 0.0426.